The number of amides is 2. The lowest BCUT2D eigenvalue weighted by Crippen LogP contribution is -2.39. The second-order valence-electron chi connectivity index (χ2n) is 8.90. The van der Waals surface area contributed by atoms with Gasteiger partial charge in [0, 0.05) is 12.1 Å². The minimum Gasteiger partial charge on any atom is -0.497 e. The molecule has 3 rings (SSSR count). The van der Waals surface area contributed by atoms with Crippen molar-refractivity contribution in [1.82, 2.24) is 10.7 Å². The molecule has 0 saturated heterocycles. The number of nitrogens with one attached hydrogen (secondary N) is 2. The van der Waals surface area contributed by atoms with E-state index in [1.165, 1.54) is 25.5 Å². The molecule has 2 N–H and O–H groups in total. The highest BCUT2D eigenvalue weighted by Crippen LogP contribution is 2.27. The van der Waals surface area contributed by atoms with Crippen LogP contribution in [0.4, 0.5) is 5.69 Å². The molecule has 0 aromatic heterocycles. The van der Waals surface area contributed by atoms with E-state index in [0.29, 0.717) is 17.1 Å². The predicted octanol–water partition coefficient (Wildman–Crippen LogP) is 3.25. The van der Waals surface area contributed by atoms with Crippen LogP contribution in [0, 0.1) is 6.92 Å². The molecule has 10 nitrogen and oxygen atoms in total. The van der Waals surface area contributed by atoms with Crippen molar-refractivity contribution in [3.05, 3.63) is 83.9 Å². The van der Waals surface area contributed by atoms with Crippen LogP contribution < -0.4 is 24.5 Å². The van der Waals surface area contributed by atoms with Crippen LogP contribution >= 0.6 is 0 Å². The zero-order valence-electron chi connectivity index (χ0n) is 22.2. The first kappa shape index (κ1) is 29.2. The zero-order chi connectivity index (χ0) is 28.4. The molecular formula is C28H32N4O6S. The third-order valence-electron chi connectivity index (χ3n) is 5.34. The first-order valence-corrected chi connectivity index (χ1v) is 13.6. The van der Waals surface area contributed by atoms with E-state index in [-0.39, 0.29) is 29.1 Å². The number of methoxy groups -OCH3 is 1. The molecule has 0 saturated carbocycles. The maximum absolute atomic E-state index is 13.5. The van der Waals surface area contributed by atoms with Crippen molar-refractivity contribution in [2.75, 3.05) is 24.6 Å². The molecule has 39 heavy (non-hydrogen) atoms. The van der Waals surface area contributed by atoms with Gasteiger partial charge in [0.1, 0.15) is 18.0 Å². The first-order chi connectivity index (χ1) is 18.6. The maximum atomic E-state index is 13.5. The van der Waals surface area contributed by atoms with Gasteiger partial charge >= 0.3 is 0 Å². The molecule has 0 atom stereocenters. The van der Waals surface area contributed by atoms with Gasteiger partial charge in [-0.15, -0.1) is 0 Å². The van der Waals surface area contributed by atoms with Crippen molar-refractivity contribution in [2.24, 2.45) is 5.10 Å². The largest absolute Gasteiger partial charge is 0.497 e. The standard InChI is InChI=1S/C28H32N4O6S/c1-20(2)30-28(34)19-38-24-12-10-22(11-13-24)17-29-31-27(33)18-32(23-6-5-7-25(16-23)37-4)39(35,36)26-14-8-21(3)9-15-26/h5-17,20H,18-19H2,1-4H3,(H,30,34)(H,31,33)/b29-17-. The SMILES string of the molecule is COc1cccc(N(CC(=O)N/N=C\c2ccc(OCC(=O)NC(C)C)cc2)S(=O)(=O)c2ccc(C)cc2)c1. The van der Waals surface area contributed by atoms with E-state index in [1.54, 1.807) is 60.7 Å². The number of rotatable bonds is 12. The maximum Gasteiger partial charge on any atom is 0.264 e. The number of aryl methyl sites for hydroxylation is 1. The number of carbonyl (C=O) groups is 2. The fourth-order valence-corrected chi connectivity index (χ4v) is 4.84. The number of benzene rings is 3. The van der Waals surface area contributed by atoms with Gasteiger partial charge < -0.3 is 14.8 Å². The van der Waals surface area contributed by atoms with Crippen molar-refractivity contribution in [3.63, 3.8) is 0 Å². The third kappa shape index (κ3) is 8.57. The molecule has 0 spiro atoms. The summed E-state index contributed by atoms with van der Waals surface area (Å²) in [6, 6.07) is 19.6. The second-order valence-corrected chi connectivity index (χ2v) is 10.8. The van der Waals surface area contributed by atoms with E-state index in [9.17, 15) is 18.0 Å². The lowest BCUT2D eigenvalue weighted by molar-refractivity contribution is -0.123. The molecular weight excluding hydrogens is 520 g/mol. The number of hydrogen-bond acceptors (Lipinski definition) is 7. The average Bonchev–Trinajstić information content (AvgIpc) is 2.91. The minimum absolute atomic E-state index is 0.0280. The highest BCUT2D eigenvalue weighted by molar-refractivity contribution is 7.92. The summed E-state index contributed by atoms with van der Waals surface area (Å²) in [5.41, 5.74) is 4.21. The number of hydrogen-bond donors (Lipinski definition) is 2. The van der Waals surface area contributed by atoms with Gasteiger partial charge in [-0.1, -0.05) is 23.8 Å². The van der Waals surface area contributed by atoms with Crippen molar-refractivity contribution >= 4 is 33.7 Å². The number of carbonyl (C=O) groups excluding carboxylic acids is 2. The van der Waals surface area contributed by atoms with Crippen LogP contribution in [0.5, 0.6) is 11.5 Å². The summed E-state index contributed by atoms with van der Waals surface area (Å²) in [4.78, 5) is 24.5. The van der Waals surface area contributed by atoms with Crippen molar-refractivity contribution in [3.8, 4) is 11.5 Å². The van der Waals surface area contributed by atoms with Gasteiger partial charge in [0.25, 0.3) is 21.8 Å². The monoisotopic (exact) mass is 552 g/mol. The van der Waals surface area contributed by atoms with Crippen molar-refractivity contribution in [2.45, 2.75) is 31.7 Å². The predicted molar refractivity (Wildman–Crippen MR) is 150 cm³/mol. The Bertz CT molecular complexity index is 1400. The van der Waals surface area contributed by atoms with Crippen LogP contribution in [0.3, 0.4) is 0 Å². The second kappa shape index (κ2) is 13.4. The van der Waals surface area contributed by atoms with Crippen LogP contribution in [0.15, 0.2) is 82.8 Å². The van der Waals surface area contributed by atoms with E-state index in [0.717, 1.165) is 9.87 Å². The first-order valence-electron chi connectivity index (χ1n) is 12.2. The molecule has 0 radical (unpaired) electrons. The summed E-state index contributed by atoms with van der Waals surface area (Å²) in [5.74, 6) is 0.0972. The quantitative estimate of drug-likeness (QED) is 0.262. The van der Waals surface area contributed by atoms with Gasteiger partial charge in [0.15, 0.2) is 6.61 Å². The third-order valence-corrected chi connectivity index (χ3v) is 7.13. The molecule has 11 heteroatoms. The van der Waals surface area contributed by atoms with Crippen LogP contribution in [0.1, 0.15) is 25.0 Å². The van der Waals surface area contributed by atoms with E-state index >= 15 is 0 Å². The van der Waals surface area contributed by atoms with E-state index < -0.39 is 22.5 Å². The fraction of sp³-hybridized carbons (Fsp3) is 0.250. The smallest absolute Gasteiger partial charge is 0.264 e. The van der Waals surface area contributed by atoms with E-state index in [2.05, 4.69) is 15.8 Å². The highest BCUT2D eigenvalue weighted by atomic mass is 32.2. The number of nitrogens with zero attached hydrogens (tertiary/aromatic N) is 2. The molecule has 0 fully saturated rings. The van der Waals surface area contributed by atoms with Crippen molar-refractivity contribution in [1.29, 1.82) is 0 Å². The van der Waals surface area contributed by atoms with Gasteiger partial charge in [-0.2, -0.15) is 5.10 Å². The summed E-state index contributed by atoms with van der Waals surface area (Å²) in [5, 5.41) is 6.69. The lowest BCUT2D eigenvalue weighted by atomic mass is 10.2. The van der Waals surface area contributed by atoms with Crippen LogP contribution in [-0.2, 0) is 19.6 Å². The molecule has 0 aliphatic carbocycles. The topological polar surface area (TPSA) is 126 Å². The molecule has 0 aliphatic rings. The Morgan fingerprint density at radius 2 is 1.67 bits per heavy atom. The molecule has 0 bridgehead atoms. The molecule has 3 aromatic carbocycles. The number of hydrazone groups is 1. The number of sulfonamides is 1. The zero-order valence-corrected chi connectivity index (χ0v) is 23.1. The minimum atomic E-state index is -4.07. The molecule has 2 amide bonds. The fourth-order valence-electron chi connectivity index (χ4n) is 3.43. The average molecular weight is 553 g/mol. The number of ether oxygens (including phenoxy) is 2. The molecule has 0 aliphatic heterocycles. The van der Waals surface area contributed by atoms with E-state index in [1.807, 2.05) is 20.8 Å². The Kier molecular flexibility index (Phi) is 10.0. The van der Waals surface area contributed by atoms with Gasteiger partial charge in [-0.25, -0.2) is 13.8 Å². The Morgan fingerprint density at radius 1 is 0.974 bits per heavy atom. The lowest BCUT2D eigenvalue weighted by Gasteiger charge is -2.24. The Hall–Kier alpha value is -4.38. The summed E-state index contributed by atoms with van der Waals surface area (Å²) in [7, 11) is -2.59. The van der Waals surface area contributed by atoms with Gasteiger partial charge in [0.05, 0.1) is 23.9 Å². The molecule has 0 unspecified atom stereocenters. The Labute approximate surface area is 228 Å². The summed E-state index contributed by atoms with van der Waals surface area (Å²) in [6.07, 6.45) is 1.41. The van der Waals surface area contributed by atoms with Gasteiger partial charge in [0.2, 0.25) is 0 Å². The van der Waals surface area contributed by atoms with Crippen LogP contribution in [-0.4, -0.2) is 52.8 Å². The van der Waals surface area contributed by atoms with Crippen LogP contribution in [0.25, 0.3) is 0 Å². The van der Waals surface area contributed by atoms with E-state index in [4.69, 9.17) is 9.47 Å². The summed E-state index contributed by atoms with van der Waals surface area (Å²) < 4.78 is 38.7. The molecule has 3 aromatic rings. The Morgan fingerprint density at radius 3 is 2.31 bits per heavy atom. The van der Waals surface area contributed by atoms with Crippen molar-refractivity contribution < 1.29 is 27.5 Å². The normalized spacial score (nSPS) is 11.3. The van der Waals surface area contributed by atoms with Crippen LogP contribution in [0.2, 0.25) is 0 Å². The number of anilines is 1. The van der Waals surface area contributed by atoms with Gasteiger partial charge in [-0.3, -0.25) is 13.9 Å². The molecule has 0 heterocycles. The Balaban J connectivity index is 1.68. The highest BCUT2D eigenvalue weighted by Gasteiger charge is 2.27. The summed E-state index contributed by atoms with van der Waals surface area (Å²) >= 11 is 0. The molecule has 206 valence electrons. The summed E-state index contributed by atoms with van der Waals surface area (Å²) in [6.45, 7) is 4.98. The van der Waals surface area contributed by atoms with Gasteiger partial charge in [-0.05, 0) is 74.9 Å².